The van der Waals surface area contributed by atoms with Crippen LogP contribution in [-0.2, 0) is 0 Å². The van der Waals surface area contributed by atoms with Gasteiger partial charge in [0.1, 0.15) is 11.5 Å². The highest BCUT2D eigenvalue weighted by Crippen LogP contribution is 2.46. The van der Waals surface area contributed by atoms with E-state index >= 15 is 0 Å². The molecule has 0 saturated heterocycles. The average molecular weight is 753 g/mol. The molecule has 274 valence electrons. The van der Waals surface area contributed by atoms with E-state index in [1.54, 1.807) is 0 Å². The van der Waals surface area contributed by atoms with Crippen molar-refractivity contribution in [1.82, 2.24) is 19.1 Å². The van der Waals surface area contributed by atoms with Crippen LogP contribution in [0.15, 0.2) is 194 Å². The maximum atomic E-state index is 6.30. The molecule has 0 amide bonds. The number of fused-ring (bicyclic) bond motifs is 10. The Morgan fingerprint density at radius 2 is 1.02 bits per heavy atom. The van der Waals surface area contributed by atoms with Crippen LogP contribution in [0.25, 0.3) is 110 Å². The molecule has 5 nitrogen and oxygen atoms in total. The predicted octanol–water partition coefficient (Wildman–Crippen LogP) is 14.1. The molecule has 0 atom stereocenters. The summed E-state index contributed by atoms with van der Waals surface area (Å²) in [6.07, 6.45) is 0. The normalized spacial score (nSPS) is 12.2. The summed E-state index contributed by atoms with van der Waals surface area (Å²) in [7, 11) is 0. The number of aromatic nitrogens is 4. The van der Waals surface area contributed by atoms with Crippen LogP contribution < -0.4 is 4.74 Å². The quantitative estimate of drug-likeness (QED) is 0.180. The number of hydrogen-bond donors (Lipinski definition) is 0. The first-order chi connectivity index (χ1) is 29.2. The third-order valence-electron chi connectivity index (χ3n) is 12.1. The zero-order valence-corrected chi connectivity index (χ0v) is 31.7. The number of para-hydroxylation sites is 2. The van der Waals surface area contributed by atoms with Crippen molar-refractivity contribution in [3.8, 4) is 56.6 Å². The molecule has 0 saturated carbocycles. The van der Waals surface area contributed by atoms with Crippen molar-refractivity contribution < 1.29 is 4.74 Å². The molecule has 13 rings (SSSR count). The van der Waals surface area contributed by atoms with Gasteiger partial charge in [0.25, 0.3) is 0 Å². The van der Waals surface area contributed by atoms with E-state index < -0.39 is 0 Å². The number of hydrogen-bond acceptors (Lipinski definition) is 3. The third-order valence-corrected chi connectivity index (χ3v) is 12.1. The van der Waals surface area contributed by atoms with Gasteiger partial charge in [-0.15, -0.1) is 0 Å². The van der Waals surface area contributed by atoms with Gasteiger partial charge < -0.3 is 9.30 Å². The molecule has 0 unspecified atom stereocenters. The maximum Gasteiger partial charge on any atom is 0.235 e. The van der Waals surface area contributed by atoms with Crippen molar-refractivity contribution >= 4 is 65.3 Å². The molecule has 0 aliphatic carbocycles. The SMILES string of the molecule is c1ccc(-c2ccc(-n3c4ccc(-c5ccc6c(c5)c5ccccc5n6-c5nc6c7c(cccc7n5)Oc5ccccc5-6)cc4c4c5ccccc5ccc43)cc2)cc1. The minimum Gasteiger partial charge on any atom is -0.456 e. The highest BCUT2D eigenvalue weighted by atomic mass is 16.5. The summed E-state index contributed by atoms with van der Waals surface area (Å²) in [5.74, 6) is 2.22. The van der Waals surface area contributed by atoms with Crippen molar-refractivity contribution in [1.29, 1.82) is 0 Å². The first-order valence-corrected chi connectivity index (χ1v) is 20.0. The molecule has 5 heteroatoms. The largest absolute Gasteiger partial charge is 0.456 e. The van der Waals surface area contributed by atoms with Gasteiger partial charge in [0.05, 0.1) is 38.7 Å². The zero-order valence-electron chi connectivity index (χ0n) is 31.7. The van der Waals surface area contributed by atoms with E-state index in [0.717, 1.165) is 72.3 Å². The van der Waals surface area contributed by atoms with E-state index in [2.05, 4.69) is 167 Å². The summed E-state index contributed by atoms with van der Waals surface area (Å²) in [4.78, 5) is 10.5. The van der Waals surface area contributed by atoms with E-state index in [9.17, 15) is 0 Å². The molecule has 1 aliphatic heterocycles. The van der Waals surface area contributed by atoms with Crippen molar-refractivity contribution in [2.75, 3.05) is 0 Å². The molecule has 0 N–H and O–H groups in total. The Hall–Kier alpha value is -8.02. The van der Waals surface area contributed by atoms with E-state index in [-0.39, 0.29) is 0 Å². The van der Waals surface area contributed by atoms with Gasteiger partial charge in [-0.05, 0) is 106 Å². The lowest BCUT2D eigenvalue weighted by Crippen LogP contribution is -2.06. The Balaban J connectivity index is 1.00. The summed E-state index contributed by atoms with van der Waals surface area (Å²) in [5.41, 5.74) is 13.1. The van der Waals surface area contributed by atoms with Gasteiger partial charge in [0, 0.05) is 32.8 Å². The van der Waals surface area contributed by atoms with E-state index in [4.69, 9.17) is 14.7 Å². The molecule has 0 spiro atoms. The summed E-state index contributed by atoms with van der Waals surface area (Å²) >= 11 is 0. The first kappa shape index (κ1) is 32.1. The second-order valence-electron chi connectivity index (χ2n) is 15.4. The molecular formula is C54H32N4O. The molecule has 59 heavy (non-hydrogen) atoms. The van der Waals surface area contributed by atoms with Crippen molar-refractivity contribution in [3.05, 3.63) is 194 Å². The lowest BCUT2D eigenvalue weighted by molar-refractivity contribution is 0.486. The molecule has 1 aliphatic rings. The highest BCUT2D eigenvalue weighted by molar-refractivity contribution is 6.22. The Kier molecular flexibility index (Phi) is 6.66. The lowest BCUT2D eigenvalue weighted by atomic mass is 9.99. The smallest absolute Gasteiger partial charge is 0.235 e. The fourth-order valence-electron chi connectivity index (χ4n) is 9.44. The number of rotatable bonds is 4. The van der Waals surface area contributed by atoms with Gasteiger partial charge in [0.15, 0.2) is 0 Å². The second-order valence-corrected chi connectivity index (χ2v) is 15.4. The molecular weight excluding hydrogens is 721 g/mol. The minimum atomic E-state index is 0.637. The van der Waals surface area contributed by atoms with Gasteiger partial charge in [-0.25, -0.2) is 9.97 Å². The monoisotopic (exact) mass is 752 g/mol. The summed E-state index contributed by atoms with van der Waals surface area (Å²) in [5, 5.41) is 8.22. The molecule has 3 aromatic heterocycles. The van der Waals surface area contributed by atoms with E-state index in [1.807, 2.05) is 36.4 Å². The minimum absolute atomic E-state index is 0.637. The first-order valence-electron chi connectivity index (χ1n) is 20.0. The van der Waals surface area contributed by atoms with Gasteiger partial charge >= 0.3 is 0 Å². The lowest BCUT2D eigenvalue weighted by Gasteiger charge is -2.20. The molecule has 12 aromatic rings. The van der Waals surface area contributed by atoms with Crippen LogP contribution in [0.2, 0.25) is 0 Å². The fourth-order valence-corrected chi connectivity index (χ4v) is 9.44. The van der Waals surface area contributed by atoms with Crippen LogP contribution >= 0.6 is 0 Å². The molecule has 0 radical (unpaired) electrons. The Labute approximate surface area is 338 Å². The van der Waals surface area contributed by atoms with Crippen molar-refractivity contribution in [2.24, 2.45) is 0 Å². The zero-order chi connectivity index (χ0) is 38.6. The van der Waals surface area contributed by atoms with Gasteiger partial charge in [0.2, 0.25) is 5.95 Å². The van der Waals surface area contributed by atoms with Crippen LogP contribution in [0.1, 0.15) is 0 Å². The predicted molar refractivity (Wildman–Crippen MR) is 242 cm³/mol. The van der Waals surface area contributed by atoms with E-state index in [0.29, 0.717) is 5.95 Å². The van der Waals surface area contributed by atoms with Crippen molar-refractivity contribution in [3.63, 3.8) is 0 Å². The maximum absolute atomic E-state index is 6.30. The van der Waals surface area contributed by atoms with Crippen molar-refractivity contribution in [2.45, 2.75) is 0 Å². The Morgan fingerprint density at radius 1 is 0.373 bits per heavy atom. The summed E-state index contributed by atoms with van der Waals surface area (Å²) in [6.45, 7) is 0. The Morgan fingerprint density at radius 3 is 1.88 bits per heavy atom. The van der Waals surface area contributed by atoms with E-state index in [1.165, 1.54) is 43.7 Å². The fraction of sp³-hybridized carbons (Fsp3) is 0. The number of nitrogens with zero attached hydrogens (tertiary/aromatic N) is 4. The third kappa shape index (κ3) is 4.73. The van der Waals surface area contributed by atoms with Crippen LogP contribution in [0.4, 0.5) is 0 Å². The molecule has 9 aromatic carbocycles. The topological polar surface area (TPSA) is 44.9 Å². The van der Waals surface area contributed by atoms with Gasteiger partial charge in [-0.3, -0.25) is 4.57 Å². The van der Waals surface area contributed by atoms with Crippen LogP contribution in [-0.4, -0.2) is 19.1 Å². The van der Waals surface area contributed by atoms with Gasteiger partial charge in [-0.2, -0.15) is 0 Å². The molecule has 4 heterocycles. The van der Waals surface area contributed by atoms with Crippen LogP contribution in [0.3, 0.4) is 0 Å². The standard InChI is InChI=1S/C54H32N4O/c1-2-11-33(12-3-1)34-21-26-38(27-22-34)57-47-29-25-37(32-43(47)51-39-14-5-4-13-35(39)23-30-48(51)57)36-24-28-46-42(31-36)40-15-6-8-18-45(40)58(46)54-55-44-17-10-20-50-52(44)53(56-54)41-16-7-9-19-49(41)59-50/h1-32H. The second kappa shape index (κ2) is 12.2. The number of benzene rings is 9. The highest BCUT2D eigenvalue weighted by Gasteiger charge is 2.25. The average Bonchev–Trinajstić information content (AvgIpc) is 3.82. The summed E-state index contributed by atoms with van der Waals surface area (Å²) in [6, 6.07) is 69.3. The molecule has 0 bridgehead atoms. The van der Waals surface area contributed by atoms with Crippen LogP contribution in [0.5, 0.6) is 11.5 Å². The Bertz CT molecular complexity index is 3690. The summed E-state index contributed by atoms with van der Waals surface area (Å²) < 4.78 is 10.9. The molecule has 0 fully saturated rings. The van der Waals surface area contributed by atoms with Crippen LogP contribution in [0, 0.1) is 0 Å². The number of ether oxygens (including phenoxy) is 1. The van der Waals surface area contributed by atoms with Gasteiger partial charge in [-0.1, -0.05) is 121 Å².